The first-order valence-corrected chi connectivity index (χ1v) is 11.4. The second-order valence-corrected chi connectivity index (χ2v) is 9.14. The summed E-state index contributed by atoms with van der Waals surface area (Å²) in [7, 11) is 0. The van der Waals surface area contributed by atoms with Crippen molar-refractivity contribution in [2.45, 2.75) is 54.6 Å². The Bertz CT molecular complexity index is 1330. The first kappa shape index (κ1) is 20.7. The molecule has 9 heteroatoms. The maximum Gasteiger partial charge on any atom is 0.155 e. The molecule has 0 spiro atoms. The molecule has 0 amide bonds. The Morgan fingerprint density at radius 3 is 2.78 bits per heavy atom. The zero-order valence-electron chi connectivity index (χ0n) is 17.6. The van der Waals surface area contributed by atoms with Gasteiger partial charge in [-0.25, -0.2) is 13.9 Å². The Labute approximate surface area is 189 Å². The number of hydrogen-bond acceptors (Lipinski definition) is 6. The lowest BCUT2D eigenvalue weighted by Crippen LogP contribution is -2.28. The standard InChI is InChI=1S/C23H22FN7S/c1-14-19(12-29-31(14)18-6-4-17(26)5-7-18)15-9-21(32-23-20(24)3-2-8-27-23)22-16(10-25)11-28-30(22)13-15/h2-3,8-9,11-13,17-18H,4-7,26H2,1H3. The van der Waals surface area contributed by atoms with E-state index in [2.05, 4.69) is 32.9 Å². The fourth-order valence-electron chi connectivity index (χ4n) is 4.36. The van der Waals surface area contributed by atoms with Crippen LogP contribution in [0.4, 0.5) is 4.39 Å². The molecule has 4 heterocycles. The summed E-state index contributed by atoms with van der Waals surface area (Å²) in [5.41, 5.74) is 10.1. The van der Waals surface area contributed by atoms with Gasteiger partial charge in [0.1, 0.15) is 11.1 Å². The van der Waals surface area contributed by atoms with Crippen molar-refractivity contribution in [3.8, 4) is 17.2 Å². The van der Waals surface area contributed by atoms with Gasteiger partial charge in [-0.1, -0.05) is 11.8 Å². The van der Waals surface area contributed by atoms with Crippen LogP contribution in [0.3, 0.4) is 0 Å². The third-order valence-corrected chi connectivity index (χ3v) is 7.10. The number of nitrogens with two attached hydrogens (primary N) is 1. The number of aromatic nitrogens is 5. The molecule has 1 saturated carbocycles. The lowest BCUT2D eigenvalue weighted by Gasteiger charge is -2.27. The van der Waals surface area contributed by atoms with Gasteiger partial charge in [0, 0.05) is 40.2 Å². The second kappa shape index (κ2) is 8.37. The number of pyridine rings is 2. The Morgan fingerprint density at radius 2 is 2.03 bits per heavy atom. The summed E-state index contributed by atoms with van der Waals surface area (Å²) in [6, 6.07) is 7.70. The van der Waals surface area contributed by atoms with E-state index in [1.54, 1.807) is 16.8 Å². The molecular weight excluding hydrogens is 425 g/mol. The third kappa shape index (κ3) is 3.66. The number of rotatable bonds is 4. The minimum absolute atomic E-state index is 0.252. The average molecular weight is 448 g/mol. The van der Waals surface area contributed by atoms with Crippen molar-refractivity contribution in [1.82, 2.24) is 24.4 Å². The number of hydrogen-bond donors (Lipinski definition) is 1. The van der Waals surface area contributed by atoms with Crippen LogP contribution in [0, 0.1) is 24.1 Å². The van der Waals surface area contributed by atoms with Crippen molar-refractivity contribution in [2.75, 3.05) is 0 Å². The molecule has 32 heavy (non-hydrogen) atoms. The normalized spacial score (nSPS) is 18.7. The van der Waals surface area contributed by atoms with Crippen molar-refractivity contribution < 1.29 is 4.39 Å². The highest BCUT2D eigenvalue weighted by atomic mass is 32.2. The van der Waals surface area contributed by atoms with Crippen LogP contribution in [0.5, 0.6) is 0 Å². The first-order valence-electron chi connectivity index (χ1n) is 10.5. The van der Waals surface area contributed by atoms with Gasteiger partial charge in [0.15, 0.2) is 5.82 Å². The number of nitrogens with zero attached hydrogens (tertiary/aromatic N) is 6. The van der Waals surface area contributed by atoms with Gasteiger partial charge in [-0.05, 0) is 50.8 Å². The molecule has 0 atom stereocenters. The van der Waals surface area contributed by atoms with Crippen LogP contribution in [0.1, 0.15) is 43.0 Å². The minimum Gasteiger partial charge on any atom is -0.328 e. The van der Waals surface area contributed by atoms with Crippen molar-refractivity contribution in [2.24, 2.45) is 5.73 Å². The predicted molar refractivity (Wildman–Crippen MR) is 120 cm³/mol. The van der Waals surface area contributed by atoms with Gasteiger partial charge in [0.2, 0.25) is 0 Å². The fourth-order valence-corrected chi connectivity index (χ4v) is 5.34. The molecule has 4 aromatic rings. The molecule has 0 saturated heterocycles. The fraction of sp³-hybridized carbons (Fsp3) is 0.304. The molecule has 2 N–H and O–H groups in total. The van der Waals surface area contributed by atoms with E-state index in [0.717, 1.165) is 42.5 Å². The van der Waals surface area contributed by atoms with E-state index >= 15 is 0 Å². The number of halogens is 1. The highest BCUT2D eigenvalue weighted by Gasteiger charge is 2.23. The predicted octanol–water partition coefficient (Wildman–Crippen LogP) is 4.51. The van der Waals surface area contributed by atoms with Crippen LogP contribution in [-0.4, -0.2) is 30.4 Å². The van der Waals surface area contributed by atoms with E-state index in [1.807, 2.05) is 18.5 Å². The largest absolute Gasteiger partial charge is 0.328 e. The molecule has 7 nitrogen and oxygen atoms in total. The average Bonchev–Trinajstić information content (AvgIpc) is 3.39. The van der Waals surface area contributed by atoms with E-state index in [1.165, 1.54) is 24.0 Å². The van der Waals surface area contributed by atoms with Gasteiger partial charge in [-0.3, -0.25) is 4.68 Å². The molecule has 4 aromatic heterocycles. The molecular formula is C23H22FN7S. The molecule has 1 aliphatic carbocycles. The lowest BCUT2D eigenvalue weighted by atomic mass is 9.92. The molecule has 5 rings (SSSR count). The first-order chi connectivity index (χ1) is 15.5. The summed E-state index contributed by atoms with van der Waals surface area (Å²) in [5, 5.41) is 18.8. The van der Waals surface area contributed by atoms with Crippen LogP contribution in [0.2, 0.25) is 0 Å². The zero-order chi connectivity index (χ0) is 22.2. The van der Waals surface area contributed by atoms with Gasteiger partial charge in [-0.15, -0.1) is 0 Å². The van der Waals surface area contributed by atoms with Crippen molar-refractivity contribution >= 4 is 17.3 Å². The maximum atomic E-state index is 14.3. The van der Waals surface area contributed by atoms with E-state index in [-0.39, 0.29) is 11.1 Å². The van der Waals surface area contributed by atoms with Crippen LogP contribution in [0.25, 0.3) is 16.6 Å². The lowest BCUT2D eigenvalue weighted by molar-refractivity contribution is 0.300. The van der Waals surface area contributed by atoms with E-state index in [0.29, 0.717) is 22.0 Å². The molecule has 1 fully saturated rings. The summed E-state index contributed by atoms with van der Waals surface area (Å²) in [6.07, 6.45) is 10.9. The summed E-state index contributed by atoms with van der Waals surface area (Å²) in [5.74, 6) is -0.404. The number of nitriles is 1. The van der Waals surface area contributed by atoms with Gasteiger partial charge in [0.05, 0.1) is 29.5 Å². The Hall–Kier alpha value is -3.22. The quantitative estimate of drug-likeness (QED) is 0.494. The summed E-state index contributed by atoms with van der Waals surface area (Å²) >= 11 is 1.19. The van der Waals surface area contributed by atoms with E-state index in [4.69, 9.17) is 5.73 Å². The maximum absolute atomic E-state index is 14.3. The highest BCUT2D eigenvalue weighted by molar-refractivity contribution is 7.99. The van der Waals surface area contributed by atoms with Gasteiger partial charge in [0.25, 0.3) is 0 Å². The van der Waals surface area contributed by atoms with Crippen LogP contribution < -0.4 is 5.73 Å². The Morgan fingerprint density at radius 1 is 1.22 bits per heavy atom. The highest BCUT2D eigenvalue weighted by Crippen LogP contribution is 2.37. The van der Waals surface area contributed by atoms with E-state index in [9.17, 15) is 9.65 Å². The summed E-state index contributed by atoms with van der Waals surface area (Å²) in [4.78, 5) is 4.87. The molecule has 0 aliphatic heterocycles. The molecule has 162 valence electrons. The van der Waals surface area contributed by atoms with Crippen molar-refractivity contribution in [3.05, 3.63) is 60.1 Å². The molecule has 0 bridgehead atoms. The smallest absolute Gasteiger partial charge is 0.155 e. The Balaban J connectivity index is 1.59. The molecule has 0 radical (unpaired) electrons. The third-order valence-electron chi connectivity index (χ3n) is 6.07. The van der Waals surface area contributed by atoms with Crippen LogP contribution in [-0.2, 0) is 0 Å². The minimum atomic E-state index is -0.404. The number of fused-ring (bicyclic) bond motifs is 1. The molecule has 1 aliphatic rings. The van der Waals surface area contributed by atoms with E-state index < -0.39 is 5.82 Å². The monoisotopic (exact) mass is 447 g/mol. The van der Waals surface area contributed by atoms with Crippen LogP contribution in [0.15, 0.2) is 52.9 Å². The summed E-state index contributed by atoms with van der Waals surface area (Å²) in [6.45, 7) is 2.07. The van der Waals surface area contributed by atoms with Crippen LogP contribution >= 0.6 is 11.8 Å². The van der Waals surface area contributed by atoms with Crippen molar-refractivity contribution in [1.29, 1.82) is 5.26 Å². The van der Waals surface area contributed by atoms with Gasteiger partial charge in [-0.2, -0.15) is 15.5 Å². The SMILES string of the molecule is Cc1c(-c2cc(Sc3ncccc3F)c3c(C#N)cnn3c2)cnn1C1CCC(N)CC1. The summed E-state index contributed by atoms with van der Waals surface area (Å²) < 4.78 is 18.1. The van der Waals surface area contributed by atoms with Gasteiger partial charge >= 0.3 is 0 Å². The van der Waals surface area contributed by atoms with Crippen molar-refractivity contribution in [3.63, 3.8) is 0 Å². The Kier molecular flexibility index (Phi) is 5.41. The van der Waals surface area contributed by atoms with Gasteiger partial charge < -0.3 is 5.73 Å². The zero-order valence-corrected chi connectivity index (χ0v) is 18.4. The molecule has 0 aromatic carbocycles. The molecule has 0 unspecified atom stereocenters. The second-order valence-electron chi connectivity index (χ2n) is 8.11. The topological polar surface area (TPSA) is 97.8 Å².